The first-order valence-electron chi connectivity index (χ1n) is 7.39. The zero-order valence-corrected chi connectivity index (χ0v) is 14.4. The van der Waals surface area contributed by atoms with Crippen LogP contribution in [0.15, 0.2) is 24.3 Å². The summed E-state index contributed by atoms with van der Waals surface area (Å²) in [7, 11) is 0. The summed E-state index contributed by atoms with van der Waals surface area (Å²) in [5.74, 6) is 0.694. The van der Waals surface area contributed by atoms with Gasteiger partial charge in [-0.25, -0.2) is 0 Å². The minimum Gasteiger partial charge on any atom is -0.368 e. The average molecular weight is 372 g/mol. The molecular weight excluding hydrogens is 347 g/mol. The smallest absolute Gasteiger partial charge is 0.0369 e. The van der Waals surface area contributed by atoms with Crippen molar-refractivity contribution >= 4 is 28.3 Å². The van der Waals surface area contributed by atoms with Gasteiger partial charge in [0.05, 0.1) is 0 Å². The lowest BCUT2D eigenvalue weighted by atomic mass is 9.86. The number of rotatable bonds is 4. The second kappa shape index (κ2) is 6.93. The normalized spacial score (nSPS) is 27.6. The zero-order valence-electron chi connectivity index (χ0n) is 12.2. The first kappa shape index (κ1) is 15.1. The van der Waals surface area contributed by atoms with E-state index in [0.717, 1.165) is 13.1 Å². The second-order valence-corrected chi connectivity index (χ2v) is 6.86. The van der Waals surface area contributed by atoms with Crippen LogP contribution in [0, 0.1) is 9.49 Å². The van der Waals surface area contributed by atoms with Gasteiger partial charge in [0, 0.05) is 27.9 Å². The molecular formula is C16H25IN2. The van der Waals surface area contributed by atoms with Crippen LogP contribution >= 0.6 is 22.6 Å². The number of halogens is 1. The maximum absolute atomic E-state index is 3.70. The molecule has 0 radical (unpaired) electrons. The van der Waals surface area contributed by atoms with Gasteiger partial charge in [0.15, 0.2) is 0 Å². The first-order valence-corrected chi connectivity index (χ1v) is 8.47. The Labute approximate surface area is 131 Å². The highest BCUT2D eigenvalue weighted by Gasteiger charge is 2.31. The Balaban J connectivity index is 2.04. The minimum absolute atomic E-state index is 0.600. The summed E-state index contributed by atoms with van der Waals surface area (Å²) in [5.41, 5.74) is 1.37. The van der Waals surface area contributed by atoms with Crippen LogP contribution in [0.2, 0.25) is 0 Å². The maximum Gasteiger partial charge on any atom is 0.0369 e. The van der Waals surface area contributed by atoms with Crippen LogP contribution in [-0.2, 0) is 0 Å². The van der Waals surface area contributed by atoms with Crippen LogP contribution in [0.1, 0.15) is 33.6 Å². The topological polar surface area (TPSA) is 15.3 Å². The number of anilines is 1. The molecule has 1 aromatic carbocycles. The van der Waals surface area contributed by atoms with Crippen LogP contribution in [0.25, 0.3) is 0 Å². The van der Waals surface area contributed by atoms with Crippen LogP contribution in [0.5, 0.6) is 0 Å². The van der Waals surface area contributed by atoms with E-state index in [1.807, 2.05) is 0 Å². The molecule has 0 spiro atoms. The van der Waals surface area contributed by atoms with Gasteiger partial charge < -0.3 is 10.2 Å². The Morgan fingerprint density at radius 2 is 1.95 bits per heavy atom. The first-order chi connectivity index (χ1) is 9.13. The van der Waals surface area contributed by atoms with Gasteiger partial charge in [0.2, 0.25) is 0 Å². The summed E-state index contributed by atoms with van der Waals surface area (Å²) in [6.07, 6.45) is 2.47. The Bertz CT molecular complexity index is 390. The zero-order chi connectivity index (χ0) is 13.8. The van der Waals surface area contributed by atoms with Gasteiger partial charge in [0.1, 0.15) is 0 Å². The van der Waals surface area contributed by atoms with Crippen LogP contribution in [0.3, 0.4) is 0 Å². The average Bonchev–Trinajstić information content (AvgIpc) is 2.42. The lowest BCUT2D eigenvalue weighted by Crippen LogP contribution is -2.53. The summed E-state index contributed by atoms with van der Waals surface area (Å²) < 4.78 is 1.31. The molecule has 0 amide bonds. The molecule has 0 bridgehead atoms. The van der Waals surface area contributed by atoms with Gasteiger partial charge in [-0.05, 0) is 79.1 Å². The fourth-order valence-corrected chi connectivity index (χ4v) is 3.34. The monoisotopic (exact) mass is 372 g/mol. The van der Waals surface area contributed by atoms with Crippen molar-refractivity contribution in [3.05, 3.63) is 27.8 Å². The van der Waals surface area contributed by atoms with E-state index in [4.69, 9.17) is 0 Å². The van der Waals surface area contributed by atoms with Crippen molar-refractivity contribution in [2.24, 2.45) is 5.92 Å². The number of hydrogen-bond donors (Lipinski definition) is 1. The van der Waals surface area contributed by atoms with Gasteiger partial charge in [-0.1, -0.05) is 13.8 Å². The Morgan fingerprint density at radius 3 is 2.58 bits per heavy atom. The molecule has 1 aromatic rings. The highest BCUT2D eigenvalue weighted by Crippen LogP contribution is 2.29. The van der Waals surface area contributed by atoms with Crippen molar-refractivity contribution in [3.63, 3.8) is 0 Å². The van der Waals surface area contributed by atoms with E-state index >= 15 is 0 Å². The summed E-state index contributed by atoms with van der Waals surface area (Å²) in [6, 6.07) is 10.2. The maximum atomic E-state index is 3.70. The SMILES string of the molecule is CCCNC1CCN(c2ccc(I)cc2)C(C)C1C. The molecule has 3 unspecified atom stereocenters. The molecule has 1 N–H and O–H groups in total. The Kier molecular flexibility index (Phi) is 5.51. The Hall–Kier alpha value is -0.290. The molecule has 1 aliphatic heterocycles. The predicted molar refractivity (Wildman–Crippen MR) is 91.8 cm³/mol. The third-order valence-electron chi connectivity index (χ3n) is 4.38. The quantitative estimate of drug-likeness (QED) is 0.807. The summed E-state index contributed by atoms with van der Waals surface area (Å²) in [4.78, 5) is 2.56. The number of nitrogens with one attached hydrogen (secondary N) is 1. The van der Waals surface area contributed by atoms with Gasteiger partial charge in [-0.2, -0.15) is 0 Å². The van der Waals surface area contributed by atoms with Crippen LogP contribution in [-0.4, -0.2) is 25.2 Å². The van der Waals surface area contributed by atoms with Crippen molar-refractivity contribution in [2.75, 3.05) is 18.0 Å². The van der Waals surface area contributed by atoms with E-state index in [1.165, 1.54) is 22.1 Å². The molecule has 3 atom stereocenters. The molecule has 106 valence electrons. The van der Waals surface area contributed by atoms with Gasteiger partial charge in [0.25, 0.3) is 0 Å². The van der Waals surface area contributed by atoms with Crippen LogP contribution in [0.4, 0.5) is 5.69 Å². The van der Waals surface area contributed by atoms with E-state index in [1.54, 1.807) is 0 Å². The molecule has 0 aromatic heterocycles. The predicted octanol–water partition coefficient (Wildman–Crippen LogP) is 3.89. The van der Waals surface area contributed by atoms with Crippen molar-refractivity contribution in [2.45, 2.75) is 45.7 Å². The fourth-order valence-electron chi connectivity index (χ4n) is 2.98. The Morgan fingerprint density at radius 1 is 1.26 bits per heavy atom. The van der Waals surface area contributed by atoms with Gasteiger partial charge >= 0.3 is 0 Å². The van der Waals surface area contributed by atoms with E-state index in [2.05, 4.69) is 77.8 Å². The molecule has 1 fully saturated rings. The van der Waals surface area contributed by atoms with Gasteiger partial charge in [-0.15, -0.1) is 0 Å². The van der Waals surface area contributed by atoms with E-state index in [0.29, 0.717) is 18.0 Å². The standard InChI is InChI=1S/C16H25IN2/c1-4-10-18-16-9-11-19(13(3)12(16)2)15-7-5-14(17)6-8-15/h5-8,12-13,16,18H,4,9-11H2,1-3H3. The second-order valence-electron chi connectivity index (χ2n) is 5.62. The molecule has 1 aliphatic rings. The largest absolute Gasteiger partial charge is 0.368 e. The van der Waals surface area contributed by atoms with Crippen molar-refractivity contribution in [1.82, 2.24) is 5.32 Å². The van der Waals surface area contributed by atoms with Crippen molar-refractivity contribution in [3.8, 4) is 0 Å². The number of hydrogen-bond acceptors (Lipinski definition) is 2. The van der Waals surface area contributed by atoms with Crippen molar-refractivity contribution < 1.29 is 0 Å². The number of piperidine rings is 1. The molecule has 2 nitrogen and oxygen atoms in total. The molecule has 2 rings (SSSR count). The molecule has 19 heavy (non-hydrogen) atoms. The molecule has 0 saturated carbocycles. The van der Waals surface area contributed by atoms with Crippen molar-refractivity contribution in [1.29, 1.82) is 0 Å². The highest BCUT2D eigenvalue weighted by atomic mass is 127. The lowest BCUT2D eigenvalue weighted by Gasteiger charge is -2.44. The summed E-state index contributed by atoms with van der Waals surface area (Å²) >= 11 is 2.37. The lowest BCUT2D eigenvalue weighted by molar-refractivity contribution is 0.271. The van der Waals surface area contributed by atoms with Crippen LogP contribution < -0.4 is 10.2 Å². The third-order valence-corrected chi connectivity index (χ3v) is 5.10. The molecule has 1 saturated heterocycles. The molecule has 0 aliphatic carbocycles. The van der Waals surface area contributed by atoms with Gasteiger partial charge in [-0.3, -0.25) is 0 Å². The highest BCUT2D eigenvalue weighted by molar-refractivity contribution is 14.1. The fraction of sp³-hybridized carbons (Fsp3) is 0.625. The van der Waals surface area contributed by atoms with E-state index in [-0.39, 0.29) is 0 Å². The molecule has 3 heteroatoms. The molecule has 1 heterocycles. The number of nitrogens with zero attached hydrogens (tertiary/aromatic N) is 1. The number of benzene rings is 1. The summed E-state index contributed by atoms with van der Waals surface area (Å²) in [6.45, 7) is 9.29. The van der Waals surface area contributed by atoms with E-state index < -0.39 is 0 Å². The minimum atomic E-state index is 0.600. The third kappa shape index (κ3) is 3.63. The summed E-state index contributed by atoms with van der Waals surface area (Å²) in [5, 5.41) is 3.70. The van der Waals surface area contributed by atoms with E-state index in [9.17, 15) is 0 Å².